The Labute approximate surface area is 101 Å². The number of methoxy groups -OCH3 is 1. The molecule has 18 heavy (non-hydrogen) atoms. The number of aromatic nitrogens is 1. The van der Waals surface area contributed by atoms with Gasteiger partial charge in [0.1, 0.15) is 6.20 Å². The number of nitro groups is 1. The summed E-state index contributed by atoms with van der Waals surface area (Å²) in [6, 6.07) is 0. The van der Waals surface area contributed by atoms with Gasteiger partial charge in [-0.3, -0.25) is 4.79 Å². The molecule has 0 fully saturated rings. The first kappa shape index (κ1) is 13.9. The van der Waals surface area contributed by atoms with Gasteiger partial charge in [-0.25, -0.2) is 8.78 Å². The van der Waals surface area contributed by atoms with Gasteiger partial charge in [-0.1, -0.05) is 0 Å². The van der Waals surface area contributed by atoms with Crippen molar-refractivity contribution in [2.24, 2.45) is 0 Å². The molecule has 1 aromatic rings. The average Bonchev–Trinajstić information content (AvgIpc) is 2.27. The molecule has 0 unspecified atom stereocenters. The molecule has 0 N–H and O–H groups in total. The first-order valence-corrected chi connectivity index (χ1v) is 4.86. The number of alkyl halides is 2. The highest BCUT2D eigenvalue weighted by molar-refractivity contribution is 5.74. The number of carbonyl (C=O) groups excluding carboxylic acids is 1. The van der Waals surface area contributed by atoms with Crippen molar-refractivity contribution in [3.63, 3.8) is 0 Å². The molecule has 1 heterocycles. The normalized spacial score (nSPS) is 10.5. The van der Waals surface area contributed by atoms with E-state index in [0.29, 0.717) is 0 Å². The Bertz CT molecular complexity index is 491. The fourth-order valence-corrected chi connectivity index (χ4v) is 1.52. The average molecular weight is 260 g/mol. The van der Waals surface area contributed by atoms with Crippen LogP contribution in [0.5, 0.6) is 0 Å². The van der Waals surface area contributed by atoms with Crippen molar-refractivity contribution in [1.29, 1.82) is 0 Å². The fraction of sp³-hybridized carbons (Fsp3) is 0.400. The standard InChI is InChI=1S/C10H10F2N2O4/c1-5-4-13-10(14(16)17)6(3-7(15)18-2)8(5)9(11)12/h4,9H,3H2,1-2H3. The van der Waals surface area contributed by atoms with Gasteiger partial charge in [0.25, 0.3) is 6.43 Å². The third-order valence-corrected chi connectivity index (χ3v) is 2.34. The molecule has 98 valence electrons. The molecule has 0 spiro atoms. The van der Waals surface area contributed by atoms with E-state index >= 15 is 0 Å². The Balaban J connectivity index is 3.43. The number of halogens is 2. The molecule has 8 heteroatoms. The van der Waals surface area contributed by atoms with Gasteiger partial charge in [0, 0.05) is 11.1 Å². The quantitative estimate of drug-likeness (QED) is 0.469. The Morgan fingerprint density at radius 3 is 2.67 bits per heavy atom. The van der Waals surface area contributed by atoms with E-state index in [9.17, 15) is 23.7 Å². The van der Waals surface area contributed by atoms with E-state index in [1.54, 1.807) is 0 Å². The zero-order valence-corrected chi connectivity index (χ0v) is 9.65. The molecule has 0 bridgehead atoms. The zero-order chi connectivity index (χ0) is 13.9. The number of pyridine rings is 1. The van der Waals surface area contributed by atoms with Crippen LogP contribution >= 0.6 is 0 Å². The van der Waals surface area contributed by atoms with Crippen molar-refractivity contribution >= 4 is 11.8 Å². The predicted octanol–water partition coefficient (Wildman–Crippen LogP) is 1.95. The number of esters is 1. The molecule has 1 rings (SSSR count). The Hall–Kier alpha value is -2.12. The fourth-order valence-electron chi connectivity index (χ4n) is 1.52. The zero-order valence-electron chi connectivity index (χ0n) is 9.65. The number of rotatable bonds is 4. The second-order valence-corrected chi connectivity index (χ2v) is 3.47. The van der Waals surface area contributed by atoms with Gasteiger partial charge >= 0.3 is 11.8 Å². The first-order valence-electron chi connectivity index (χ1n) is 4.86. The molecule has 0 atom stereocenters. The van der Waals surface area contributed by atoms with Crippen molar-refractivity contribution in [2.75, 3.05) is 7.11 Å². The number of carbonyl (C=O) groups is 1. The summed E-state index contributed by atoms with van der Waals surface area (Å²) in [4.78, 5) is 24.4. The topological polar surface area (TPSA) is 82.3 Å². The van der Waals surface area contributed by atoms with Gasteiger partial charge in [0.05, 0.1) is 19.1 Å². The van der Waals surface area contributed by atoms with Gasteiger partial charge in [0.2, 0.25) is 0 Å². The van der Waals surface area contributed by atoms with Crippen molar-refractivity contribution in [2.45, 2.75) is 19.8 Å². The van der Waals surface area contributed by atoms with Gasteiger partial charge in [0.15, 0.2) is 0 Å². The van der Waals surface area contributed by atoms with Crippen molar-refractivity contribution in [3.8, 4) is 0 Å². The van der Waals surface area contributed by atoms with E-state index < -0.39 is 40.7 Å². The van der Waals surface area contributed by atoms with Crippen molar-refractivity contribution in [1.82, 2.24) is 4.98 Å². The minimum absolute atomic E-state index is 0.0921. The number of nitrogens with zero attached hydrogens (tertiary/aromatic N) is 2. The lowest BCUT2D eigenvalue weighted by Gasteiger charge is -2.10. The van der Waals surface area contributed by atoms with Crippen LogP contribution in [0, 0.1) is 17.0 Å². The van der Waals surface area contributed by atoms with Crippen LogP contribution in [-0.2, 0) is 16.0 Å². The van der Waals surface area contributed by atoms with E-state index in [0.717, 1.165) is 13.3 Å². The van der Waals surface area contributed by atoms with E-state index in [-0.39, 0.29) is 5.56 Å². The smallest absolute Gasteiger partial charge is 0.367 e. The summed E-state index contributed by atoms with van der Waals surface area (Å²) in [5, 5.41) is 10.7. The maximum absolute atomic E-state index is 12.9. The van der Waals surface area contributed by atoms with E-state index in [4.69, 9.17) is 0 Å². The summed E-state index contributed by atoms with van der Waals surface area (Å²) in [6.45, 7) is 1.35. The van der Waals surface area contributed by atoms with Crippen LogP contribution in [0.15, 0.2) is 6.20 Å². The summed E-state index contributed by atoms with van der Waals surface area (Å²) in [7, 11) is 1.07. The largest absolute Gasteiger partial charge is 0.469 e. The lowest BCUT2D eigenvalue weighted by atomic mass is 10.0. The summed E-state index contributed by atoms with van der Waals surface area (Å²) in [5.74, 6) is -1.59. The van der Waals surface area contributed by atoms with Gasteiger partial charge in [-0.2, -0.15) is 0 Å². The van der Waals surface area contributed by atoms with Gasteiger partial charge < -0.3 is 14.9 Å². The summed E-state index contributed by atoms with van der Waals surface area (Å²) < 4.78 is 30.1. The number of hydrogen-bond donors (Lipinski definition) is 0. The molecule has 0 radical (unpaired) electrons. The third kappa shape index (κ3) is 2.76. The van der Waals surface area contributed by atoms with Crippen LogP contribution in [-0.4, -0.2) is 23.0 Å². The Kier molecular flexibility index (Phi) is 4.24. The molecule has 0 aliphatic carbocycles. The molecule has 0 aromatic carbocycles. The molecular weight excluding hydrogens is 250 g/mol. The Morgan fingerprint density at radius 1 is 1.61 bits per heavy atom. The van der Waals surface area contributed by atoms with Crippen molar-refractivity contribution in [3.05, 3.63) is 33.0 Å². The van der Waals surface area contributed by atoms with Crippen molar-refractivity contribution < 1.29 is 23.2 Å². The van der Waals surface area contributed by atoms with Crippen LogP contribution in [0.1, 0.15) is 23.1 Å². The lowest BCUT2D eigenvalue weighted by molar-refractivity contribution is -0.390. The number of hydrogen-bond acceptors (Lipinski definition) is 5. The van der Waals surface area contributed by atoms with Crippen LogP contribution in [0.2, 0.25) is 0 Å². The molecule has 1 aromatic heterocycles. The minimum Gasteiger partial charge on any atom is -0.469 e. The number of ether oxygens (including phenoxy) is 1. The van der Waals surface area contributed by atoms with E-state index in [1.807, 2.05) is 0 Å². The van der Waals surface area contributed by atoms with Crippen LogP contribution in [0.25, 0.3) is 0 Å². The third-order valence-electron chi connectivity index (χ3n) is 2.34. The molecule has 6 nitrogen and oxygen atoms in total. The summed E-state index contributed by atoms with van der Waals surface area (Å²) in [5.41, 5.74) is -0.849. The van der Waals surface area contributed by atoms with Gasteiger partial charge in [-0.05, 0) is 16.8 Å². The van der Waals surface area contributed by atoms with Gasteiger partial charge in [-0.15, -0.1) is 0 Å². The first-order chi connectivity index (χ1) is 8.38. The SMILES string of the molecule is COC(=O)Cc1c([N+](=O)[O-])ncc(C)c1C(F)F. The minimum atomic E-state index is -2.92. The Morgan fingerprint density at radius 2 is 2.22 bits per heavy atom. The molecule has 0 aliphatic heterocycles. The predicted molar refractivity (Wildman–Crippen MR) is 56.3 cm³/mol. The van der Waals surface area contributed by atoms with E-state index in [2.05, 4.69) is 9.72 Å². The maximum atomic E-state index is 12.9. The molecule has 0 saturated heterocycles. The highest BCUT2D eigenvalue weighted by Gasteiger charge is 2.28. The monoisotopic (exact) mass is 260 g/mol. The summed E-state index contributed by atoms with van der Waals surface area (Å²) >= 11 is 0. The van der Waals surface area contributed by atoms with Crippen LogP contribution < -0.4 is 0 Å². The molecular formula is C10H10F2N2O4. The molecule has 0 amide bonds. The molecule has 0 aliphatic rings. The second kappa shape index (κ2) is 5.48. The summed E-state index contributed by atoms with van der Waals surface area (Å²) in [6.07, 6.45) is -2.55. The molecule has 0 saturated carbocycles. The van der Waals surface area contributed by atoms with Crippen LogP contribution in [0.4, 0.5) is 14.6 Å². The maximum Gasteiger partial charge on any atom is 0.367 e. The van der Waals surface area contributed by atoms with Crippen LogP contribution in [0.3, 0.4) is 0 Å². The number of aryl methyl sites for hydroxylation is 1. The lowest BCUT2D eigenvalue weighted by Crippen LogP contribution is -2.12. The van der Waals surface area contributed by atoms with E-state index in [1.165, 1.54) is 6.92 Å². The second-order valence-electron chi connectivity index (χ2n) is 3.47. The highest BCUT2D eigenvalue weighted by atomic mass is 19.3. The highest BCUT2D eigenvalue weighted by Crippen LogP contribution is 2.31.